The van der Waals surface area contributed by atoms with Gasteiger partial charge in [-0.3, -0.25) is 0 Å². The lowest BCUT2D eigenvalue weighted by molar-refractivity contribution is 0.270. The Balaban J connectivity index is 2.36. The van der Waals surface area contributed by atoms with Crippen LogP contribution in [0.2, 0.25) is 0 Å². The maximum absolute atomic E-state index is 4.40. The van der Waals surface area contributed by atoms with Crippen molar-refractivity contribution >= 4 is 0 Å². The number of nitrogens with one attached hydrogen (secondary N) is 1. The van der Waals surface area contributed by atoms with Crippen molar-refractivity contribution in [2.24, 2.45) is 0 Å². The van der Waals surface area contributed by atoms with E-state index in [4.69, 9.17) is 0 Å². The van der Waals surface area contributed by atoms with Crippen LogP contribution in [0.25, 0.3) is 0 Å². The van der Waals surface area contributed by atoms with Gasteiger partial charge in [-0.15, -0.1) is 0 Å². The topological polar surface area (TPSA) is 29.9 Å². The second-order valence-electron chi connectivity index (χ2n) is 6.13. The van der Waals surface area contributed by atoms with Gasteiger partial charge in [0.25, 0.3) is 0 Å². The highest BCUT2D eigenvalue weighted by atomic mass is 15.1. The molecule has 1 aromatic rings. The lowest BCUT2D eigenvalue weighted by Crippen LogP contribution is -2.41. The standard InChI is InChI=1S/C14H25N3/c1-5-13(2,3)17-11-16-10-12(17)14(4)6-8-15-9-7-14/h10-11,15H,5-9H2,1-4H3. The van der Waals surface area contributed by atoms with E-state index in [1.165, 1.54) is 18.5 Å². The Morgan fingerprint density at radius 2 is 2.06 bits per heavy atom. The minimum atomic E-state index is 0.166. The minimum Gasteiger partial charge on any atom is -0.329 e. The SMILES string of the molecule is CCC(C)(C)n1cncc1C1(C)CCNCC1. The summed E-state index contributed by atoms with van der Waals surface area (Å²) in [6.45, 7) is 11.5. The third-order valence-electron chi connectivity index (χ3n) is 4.48. The molecule has 96 valence electrons. The van der Waals surface area contributed by atoms with Crippen LogP contribution in [0, 0.1) is 0 Å². The van der Waals surface area contributed by atoms with Crippen LogP contribution in [0.5, 0.6) is 0 Å². The van der Waals surface area contributed by atoms with Crippen LogP contribution >= 0.6 is 0 Å². The Labute approximate surface area is 105 Å². The molecule has 0 unspecified atom stereocenters. The highest BCUT2D eigenvalue weighted by Crippen LogP contribution is 2.35. The first-order chi connectivity index (χ1) is 7.99. The van der Waals surface area contributed by atoms with E-state index in [1.807, 2.05) is 6.33 Å². The van der Waals surface area contributed by atoms with Crippen LogP contribution in [0.4, 0.5) is 0 Å². The van der Waals surface area contributed by atoms with Crippen molar-refractivity contribution < 1.29 is 0 Å². The van der Waals surface area contributed by atoms with E-state index in [2.05, 4.69) is 48.8 Å². The Kier molecular flexibility index (Phi) is 3.30. The molecule has 2 heterocycles. The van der Waals surface area contributed by atoms with Gasteiger partial charge in [0, 0.05) is 22.8 Å². The van der Waals surface area contributed by atoms with Crippen molar-refractivity contribution in [3.05, 3.63) is 18.2 Å². The predicted molar refractivity (Wildman–Crippen MR) is 71.3 cm³/mol. The van der Waals surface area contributed by atoms with Crippen molar-refractivity contribution in [1.29, 1.82) is 0 Å². The van der Waals surface area contributed by atoms with Crippen molar-refractivity contribution in [2.75, 3.05) is 13.1 Å². The van der Waals surface area contributed by atoms with Gasteiger partial charge in [0.1, 0.15) is 0 Å². The lowest BCUT2D eigenvalue weighted by atomic mass is 9.77. The molecule has 0 spiro atoms. The zero-order valence-electron chi connectivity index (χ0n) is 11.6. The number of nitrogens with zero attached hydrogens (tertiary/aromatic N) is 2. The van der Waals surface area contributed by atoms with Crippen molar-refractivity contribution in [1.82, 2.24) is 14.9 Å². The van der Waals surface area contributed by atoms with Crippen LogP contribution < -0.4 is 5.32 Å². The fraction of sp³-hybridized carbons (Fsp3) is 0.786. The molecule has 1 aliphatic rings. The third-order valence-corrected chi connectivity index (χ3v) is 4.48. The molecule has 3 nitrogen and oxygen atoms in total. The summed E-state index contributed by atoms with van der Waals surface area (Å²) in [6, 6.07) is 0. The Hall–Kier alpha value is -0.830. The summed E-state index contributed by atoms with van der Waals surface area (Å²) >= 11 is 0. The molecule has 3 heteroatoms. The highest BCUT2D eigenvalue weighted by Gasteiger charge is 2.34. The van der Waals surface area contributed by atoms with Crippen molar-refractivity contribution in [3.63, 3.8) is 0 Å². The zero-order chi connectivity index (χ0) is 12.5. The van der Waals surface area contributed by atoms with Crippen molar-refractivity contribution in [3.8, 4) is 0 Å². The fourth-order valence-electron chi connectivity index (χ4n) is 2.63. The molecule has 1 fully saturated rings. The number of hydrogen-bond acceptors (Lipinski definition) is 2. The first-order valence-electron chi connectivity index (χ1n) is 6.74. The number of rotatable bonds is 3. The molecule has 2 rings (SSSR count). The second-order valence-corrected chi connectivity index (χ2v) is 6.13. The van der Waals surface area contributed by atoms with E-state index in [0.29, 0.717) is 0 Å². The molecule has 0 saturated carbocycles. The molecule has 0 bridgehead atoms. The largest absolute Gasteiger partial charge is 0.329 e. The van der Waals surface area contributed by atoms with E-state index in [0.717, 1.165) is 19.5 Å². The Morgan fingerprint density at radius 1 is 1.41 bits per heavy atom. The number of piperidine rings is 1. The summed E-state index contributed by atoms with van der Waals surface area (Å²) in [5.41, 5.74) is 1.86. The van der Waals surface area contributed by atoms with E-state index < -0.39 is 0 Å². The summed E-state index contributed by atoms with van der Waals surface area (Å²) < 4.78 is 2.39. The van der Waals surface area contributed by atoms with Crippen LogP contribution in [0.1, 0.15) is 52.7 Å². The molecule has 1 N–H and O–H groups in total. The predicted octanol–water partition coefficient (Wildman–Crippen LogP) is 2.67. The second kappa shape index (κ2) is 4.45. The molecule has 0 aliphatic carbocycles. The first-order valence-corrected chi connectivity index (χ1v) is 6.74. The number of imidazole rings is 1. The van der Waals surface area contributed by atoms with Crippen LogP contribution in [-0.4, -0.2) is 22.6 Å². The molecule has 17 heavy (non-hydrogen) atoms. The van der Waals surface area contributed by atoms with E-state index in [1.54, 1.807) is 0 Å². The molecule has 1 aliphatic heterocycles. The maximum Gasteiger partial charge on any atom is 0.0953 e. The smallest absolute Gasteiger partial charge is 0.0953 e. The monoisotopic (exact) mass is 235 g/mol. The molecular weight excluding hydrogens is 210 g/mol. The summed E-state index contributed by atoms with van der Waals surface area (Å²) in [7, 11) is 0. The van der Waals surface area contributed by atoms with E-state index in [-0.39, 0.29) is 11.0 Å². The highest BCUT2D eigenvalue weighted by molar-refractivity contribution is 5.17. The number of hydrogen-bond donors (Lipinski definition) is 1. The average Bonchev–Trinajstić information content (AvgIpc) is 2.80. The van der Waals surface area contributed by atoms with Crippen LogP contribution in [0.3, 0.4) is 0 Å². The zero-order valence-corrected chi connectivity index (χ0v) is 11.6. The average molecular weight is 235 g/mol. The van der Waals surface area contributed by atoms with Gasteiger partial charge in [-0.25, -0.2) is 4.98 Å². The minimum absolute atomic E-state index is 0.166. The third kappa shape index (κ3) is 2.25. The van der Waals surface area contributed by atoms with E-state index in [9.17, 15) is 0 Å². The first kappa shape index (κ1) is 12.6. The molecule has 0 amide bonds. The van der Waals surface area contributed by atoms with Gasteiger partial charge in [0.2, 0.25) is 0 Å². The van der Waals surface area contributed by atoms with Gasteiger partial charge < -0.3 is 9.88 Å². The van der Waals surface area contributed by atoms with Gasteiger partial charge >= 0.3 is 0 Å². The normalized spacial score (nSPS) is 20.5. The molecule has 1 aromatic heterocycles. The molecular formula is C14H25N3. The Morgan fingerprint density at radius 3 is 2.65 bits per heavy atom. The molecule has 1 saturated heterocycles. The Bertz CT molecular complexity index is 373. The fourth-order valence-corrected chi connectivity index (χ4v) is 2.63. The summed E-state index contributed by atoms with van der Waals surface area (Å²) in [5, 5.41) is 3.44. The quantitative estimate of drug-likeness (QED) is 0.873. The summed E-state index contributed by atoms with van der Waals surface area (Å²) in [5.74, 6) is 0. The summed E-state index contributed by atoms with van der Waals surface area (Å²) in [4.78, 5) is 4.40. The van der Waals surface area contributed by atoms with Gasteiger partial charge in [-0.2, -0.15) is 0 Å². The number of aromatic nitrogens is 2. The lowest BCUT2D eigenvalue weighted by Gasteiger charge is -2.38. The van der Waals surface area contributed by atoms with Crippen LogP contribution in [0.15, 0.2) is 12.5 Å². The van der Waals surface area contributed by atoms with E-state index >= 15 is 0 Å². The molecule has 0 aromatic carbocycles. The van der Waals surface area contributed by atoms with Gasteiger partial charge in [-0.05, 0) is 46.2 Å². The van der Waals surface area contributed by atoms with Gasteiger partial charge in [0.15, 0.2) is 0 Å². The molecule has 0 radical (unpaired) electrons. The molecule has 0 atom stereocenters. The summed E-state index contributed by atoms with van der Waals surface area (Å²) in [6.07, 6.45) is 7.62. The van der Waals surface area contributed by atoms with Gasteiger partial charge in [0.05, 0.1) is 6.33 Å². The van der Waals surface area contributed by atoms with Crippen molar-refractivity contribution in [2.45, 2.75) is 57.9 Å². The van der Waals surface area contributed by atoms with Crippen LogP contribution in [-0.2, 0) is 11.0 Å². The maximum atomic E-state index is 4.40. The van der Waals surface area contributed by atoms with Gasteiger partial charge in [-0.1, -0.05) is 13.8 Å².